The molecule has 4 rings (SSSR count). The number of nitrogens with zero attached hydrogens (tertiary/aromatic N) is 2. The van der Waals surface area contributed by atoms with E-state index in [2.05, 4.69) is 25.3 Å². The van der Waals surface area contributed by atoms with Gasteiger partial charge in [0.05, 0.1) is 29.9 Å². The number of hydrogen-bond donors (Lipinski definition) is 4. The van der Waals surface area contributed by atoms with E-state index >= 15 is 0 Å². The van der Waals surface area contributed by atoms with E-state index < -0.39 is 11.0 Å². The summed E-state index contributed by atoms with van der Waals surface area (Å²) in [6.45, 7) is 0.246. The summed E-state index contributed by atoms with van der Waals surface area (Å²) in [6, 6.07) is 12.9. The Hall–Kier alpha value is -4.71. The van der Waals surface area contributed by atoms with E-state index in [1.54, 1.807) is 18.3 Å². The van der Waals surface area contributed by atoms with Gasteiger partial charge in [0.1, 0.15) is 6.61 Å². The second-order valence-electron chi connectivity index (χ2n) is 8.96. The molecule has 0 saturated carbocycles. The molecule has 39 heavy (non-hydrogen) atoms. The van der Waals surface area contributed by atoms with Crippen molar-refractivity contribution in [3.8, 4) is 11.1 Å². The maximum atomic E-state index is 13.2. The second-order valence-corrected chi connectivity index (χ2v) is 8.96. The summed E-state index contributed by atoms with van der Waals surface area (Å²) < 4.78 is 5.30. The summed E-state index contributed by atoms with van der Waals surface area (Å²) in [4.78, 5) is 42.7. The van der Waals surface area contributed by atoms with E-state index in [1.807, 2.05) is 42.7 Å². The predicted octanol–water partition coefficient (Wildman–Crippen LogP) is 4.05. The summed E-state index contributed by atoms with van der Waals surface area (Å²) >= 11 is 0. The van der Waals surface area contributed by atoms with E-state index in [0.29, 0.717) is 24.9 Å². The van der Waals surface area contributed by atoms with Gasteiger partial charge in [-0.2, -0.15) is 5.10 Å². The van der Waals surface area contributed by atoms with E-state index in [0.717, 1.165) is 33.2 Å². The minimum Gasteiger partial charge on any atom is -0.461 e. The molecule has 2 heterocycles. The zero-order valence-electron chi connectivity index (χ0n) is 21.2. The lowest BCUT2D eigenvalue weighted by Gasteiger charge is -2.16. The summed E-state index contributed by atoms with van der Waals surface area (Å²) in [5.74, 6) is -1.14. The largest absolute Gasteiger partial charge is 0.461 e. The normalized spacial score (nSPS) is 11.7. The topological polar surface area (TPSA) is 178 Å². The maximum absolute atomic E-state index is 13.2. The Morgan fingerprint density at radius 3 is 2.64 bits per heavy atom. The van der Waals surface area contributed by atoms with Crippen molar-refractivity contribution >= 4 is 28.5 Å². The zero-order chi connectivity index (χ0) is 27.6. The molecule has 0 aliphatic rings. The van der Waals surface area contributed by atoms with Gasteiger partial charge in [-0.3, -0.25) is 14.7 Å². The fourth-order valence-electron chi connectivity index (χ4n) is 4.28. The molecule has 1 amide bonds. The fourth-order valence-corrected chi connectivity index (χ4v) is 4.28. The summed E-state index contributed by atoms with van der Waals surface area (Å²) in [5, 5.41) is 20.1. The van der Waals surface area contributed by atoms with Crippen molar-refractivity contribution in [2.75, 3.05) is 18.5 Å². The first-order valence-electron chi connectivity index (χ1n) is 12.6. The molecule has 2 aromatic heterocycles. The van der Waals surface area contributed by atoms with E-state index in [9.17, 15) is 19.7 Å². The van der Waals surface area contributed by atoms with Crippen LogP contribution in [-0.2, 0) is 25.8 Å². The number of aromatic amines is 2. The Morgan fingerprint density at radius 1 is 1.10 bits per heavy atom. The number of esters is 1. The molecule has 0 aliphatic carbocycles. The number of unbranched alkanes of at least 4 members (excludes halogenated alkanes) is 2. The molecule has 0 spiro atoms. The van der Waals surface area contributed by atoms with Gasteiger partial charge < -0.3 is 25.6 Å². The Bertz CT molecular complexity index is 1400. The number of anilines is 1. The number of para-hydroxylation sites is 1. The van der Waals surface area contributed by atoms with Gasteiger partial charge >= 0.3 is 5.97 Å². The number of fused-ring (bicyclic) bond motifs is 1. The molecule has 0 saturated heterocycles. The molecule has 12 heteroatoms. The molecule has 0 fully saturated rings. The lowest BCUT2D eigenvalue weighted by Crippen LogP contribution is -2.27. The zero-order valence-corrected chi connectivity index (χ0v) is 21.2. The average molecular weight is 535 g/mol. The SMILES string of the molecule is NC[C@@H](C(=O)Nc1cccc2c(-c3cn[nH]c3)c[nH]c12)c1ccc(COC(=O)CCCCCO[N+](=O)[O-])cc1. The van der Waals surface area contributed by atoms with Crippen LogP contribution in [0.1, 0.15) is 42.7 Å². The summed E-state index contributed by atoms with van der Waals surface area (Å²) in [7, 11) is 0. The van der Waals surface area contributed by atoms with Crippen LogP contribution in [0.15, 0.2) is 61.1 Å². The number of H-pyrrole nitrogens is 2. The van der Waals surface area contributed by atoms with E-state index in [1.165, 1.54) is 0 Å². The van der Waals surface area contributed by atoms with Crippen LogP contribution in [0, 0.1) is 10.1 Å². The molecule has 5 N–H and O–H groups in total. The number of hydrogen-bond acceptors (Lipinski definition) is 8. The second kappa shape index (κ2) is 13.2. The minimum absolute atomic E-state index is 0.0187. The van der Waals surface area contributed by atoms with Gasteiger partial charge in [0.25, 0.3) is 5.09 Å². The van der Waals surface area contributed by atoms with Crippen molar-refractivity contribution in [1.29, 1.82) is 0 Å². The smallest absolute Gasteiger partial charge is 0.306 e. The van der Waals surface area contributed by atoms with Crippen molar-refractivity contribution in [3.63, 3.8) is 0 Å². The average Bonchev–Trinajstić information content (AvgIpc) is 3.61. The Balaban J connectivity index is 1.30. The van der Waals surface area contributed by atoms with Crippen molar-refractivity contribution in [2.45, 2.75) is 38.2 Å². The lowest BCUT2D eigenvalue weighted by atomic mass is 9.97. The number of benzene rings is 2. The van der Waals surface area contributed by atoms with Crippen LogP contribution in [0.5, 0.6) is 0 Å². The van der Waals surface area contributed by atoms with Crippen molar-refractivity contribution in [2.24, 2.45) is 5.73 Å². The molecular formula is C27H30N6O6. The number of rotatable bonds is 14. The van der Waals surface area contributed by atoms with Crippen LogP contribution in [0.25, 0.3) is 22.0 Å². The quantitative estimate of drug-likeness (QED) is 0.0809. The molecule has 0 radical (unpaired) electrons. The van der Waals surface area contributed by atoms with Gasteiger partial charge in [-0.25, -0.2) is 0 Å². The number of nitrogens with one attached hydrogen (secondary N) is 3. The van der Waals surface area contributed by atoms with Crippen LogP contribution < -0.4 is 11.1 Å². The van der Waals surface area contributed by atoms with Gasteiger partial charge in [-0.15, -0.1) is 10.1 Å². The molecule has 204 valence electrons. The molecule has 0 bridgehead atoms. The highest BCUT2D eigenvalue weighted by atomic mass is 16.9. The first kappa shape index (κ1) is 27.3. The lowest BCUT2D eigenvalue weighted by molar-refractivity contribution is -0.757. The molecule has 12 nitrogen and oxygen atoms in total. The number of aromatic nitrogens is 3. The number of carbonyl (C=O) groups excluding carboxylic acids is 2. The third kappa shape index (κ3) is 7.20. The van der Waals surface area contributed by atoms with Crippen LogP contribution in [-0.4, -0.2) is 45.3 Å². The molecule has 1 atom stereocenters. The Labute approximate surface area is 224 Å². The highest BCUT2D eigenvalue weighted by Gasteiger charge is 2.21. The highest BCUT2D eigenvalue weighted by molar-refractivity contribution is 6.07. The van der Waals surface area contributed by atoms with Gasteiger partial charge in [-0.05, 0) is 30.0 Å². The number of nitrogens with two attached hydrogens (primary N) is 1. The molecule has 0 aliphatic heterocycles. The first-order chi connectivity index (χ1) is 19.0. The van der Waals surface area contributed by atoms with Gasteiger partial charge in [0.15, 0.2) is 0 Å². The van der Waals surface area contributed by atoms with Gasteiger partial charge in [-0.1, -0.05) is 42.8 Å². The number of amides is 1. The Kier molecular flexibility index (Phi) is 9.25. The monoisotopic (exact) mass is 534 g/mol. The number of ether oxygens (including phenoxy) is 1. The summed E-state index contributed by atoms with van der Waals surface area (Å²) in [5.41, 5.74) is 10.9. The van der Waals surface area contributed by atoms with Gasteiger partial charge in [0.2, 0.25) is 5.91 Å². The van der Waals surface area contributed by atoms with Crippen molar-refractivity contribution in [3.05, 3.63) is 82.3 Å². The minimum atomic E-state index is -0.829. The molecule has 4 aromatic rings. The predicted molar refractivity (Wildman–Crippen MR) is 144 cm³/mol. The van der Waals surface area contributed by atoms with Crippen LogP contribution in [0.3, 0.4) is 0 Å². The van der Waals surface area contributed by atoms with Crippen LogP contribution in [0.2, 0.25) is 0 Å². The standard InChI is InChI=1S/C27H30N6O6/c28-13-22(19-10-8-18(9-11-19)17-38-25(34)7-2-1-3-12-39-33(36)37)27(35)32-24-6-4-5-21-23(16-29-26(21)24)20-14-30-31-15-20/h4-6,8-11,14-16,22,29H,1-3,7,12-13,17,28H2,(H,30,31)(H,32,35)/t22-/m1/s1. The third-order valence-corrected chi connectivity index (χ3v) is 6.34. The molecular weight excluding hydrogens is 504 g/mol. The highest BCUT2D eigenvalue weighted by Crippen LogP contribution is 2.32. The van der Waals surface area contributed by atoms with Crippen LogP contribution >= 0.6 is 0 Å². The van der Waals surface area contributed by atoms with E-state index in [-0.39, 0.29) is 38.1 Å². The fraction of sp³-hybridized carbons (Fsp3) is 0.296. The summed E-state index contributed by atoms with van der Waals surface area (Å²) in [6.07, 6.45) is 7.35. The molecule has 2 aromatic carbocycles. The van der Waals surface area contributed by atoms with Crippen LogP contribution in [0.4, 0.5) is 5.69 Å². The van der Waals surface area contributed by atoms with Crippen molar-refractivity contribution in [1.82, 2.24) is 15.2 Å². The van der Waals surface area contributed by atoms with Gasteiger partial charge in [0, 0.05) is 41.9 Å². The van der Waals surface area contributed by atoms with E-state index in [4.69, 9.17) is 10.5 Å². The third-order valence-electron chi connectivity index (χ3n) is 6.34. The Morgan fingerprint density at radius 2 is 1.92 bits per heavy atom. The maximum Gasteiger partial charge on any atom is 0.306 e. The van der Waals surface area contributed by atoms with Crippen molar-refractivity contribution < 1.29 is 24.3 Å². The molecule has 0 unspecified atom stereocenters. The first-order valence-corrected chi connectivity index (χ1v) is 12.6. The number of carbonyl (C=O) groups is 2.